The largest absolute Gasteiger partial charge is 0.458 e. The molecule has 1 aliphatic heterocycles. The van der Waals surface area contributed by atoms with Crippen LogP contribution in [-0.4, -0.2) is 74.3 Å². The number of anilines is 1. The SMILES string of the molecule is O=C(Nc1ccn(C[C@@H](O)CO)n1)C(CC1C[C@@H](F)[C@@H](F)C1)N1CC(Oc2ccccc2Cl)=CC1=O. The number of ether oxygens (including phenoxy) is 1. The molecule has 2 aromatic rings. The predicted octanol–water partition coefficient (Wildman–Crippen LogP) is 2.48. The van der Waals surface area contributed by atoms with Gasteiger partial charge < -0.3 is 25.2 Å². The highest BCUT2D eigenvalue weighted by atomic mass is 35.5. The standard InChI is InChI=1S/C24H27ClF2N4O5/c25-17-3-1-2-4-21(17)36-16-10-23(34)31(12-16)20(9-14-7-18(26)19(27)8-14)24(35)28-22-5-6-30(29-22)11-15(33)13-32/h1-6,10,14-15,18-20,32-33H,7-9,11-13H2,(H,28,29,35)/t14?,15-,18-,19+,20?/m1/s1. The Kier molecular flexibility index (Phi) is 8.22. The smallest absolute Gasteiger partial charge is 0.251 e. The molecule has 1 aromatic carbocycles. The van der Waals surface area contributed by atoms with Crippen LogP contribution >= 0.6 is 11.6 Å². The topological polar surface area (TPSA) is 117 Å². The number of hydrogen-bond donors (Lipinski definition) is 3. The molecule has 12 heteroatoms. The fourth-order valence-corrected chi connectivity index (χ4v) is 4.61. The van der Waals surface area contributed by atoms with Gasteiger partial charge in [-0.3, -0.25) is 14.3 Å². The summed E-state index contributed by atoms with van der Waals surface area (Å²) in [4.78, 5) is 27.4. The molecule has 0 bridgehead atoms. The first-order valence-corrected chi connectivity index (χ1v) is 12.0. The predicted molar refractivity (Wildman–Crippen MR) is 127 cm³/mol. The summed E-state index contributed by atoms with van der Waals surface area (Å²) < 4.78 is 34.8. The van der Waals surface area contributed by atoms with E-state index < -0.39 is 48.8 Å². The lowest BCUT2D eigenvalue weighted by Crippen LogP contribution is -2.46. The van der Waals surface area contributed by atoms with E-state index in [1.807, 2.05) is 0 Å². The summed E-state index contributed by atoms with van der Waals surface area (Å²) in [6.45, 7) is -0.451. The molecule has 1 aliphatic carbocycles. The number of aliphatic hydroxyl groups excluding tert-OH is 2. The number of rotatable bonds is 10. The molecule has 1 fully saturated rings. The lowest BCUT2D eigenvalue weighted by molar-refractivity contribution is -0.134. The summed E-state index contributed by atoms with van der Waals surface area (Å²) >= 11 is 6.14. The van der Waals surface area contributed by atoms with Crippen molar-refractivity contribution in [1.82, 2.24) is 14.7 Å². The number of nitrogens with zero attached hydrogens (tertiary/aromatic N) is 3. The van der Waals surface area contributed by atoms with Crippen LogP contribution in [0.1, 0.15) is 19.3 Å². The van der Waals surface area contributed by atoms with E-state index in [0.29, 0.717) is 10.8 Å². The Labute approximate surface area is 211 Å². The average Bonchev–Trinajstić information content (AvgIpc) is 3.52. The molecule has 1 saturated carbocycles. The monoisotopic (exact) mass is 524 g/mol. The fourth-order valence-electron chi connectivity index (χ4n) is 4.43. The van der Waals surface area contributed by atoms with Crippen molar-refractivity contribution in [3.8, 4) is 5.75 Å². The molecule has 9 nitrogen and oxygen atoms in total. The van der Waals surface area contributed by atoms with Crippen molar-refractivity contribution in [1.29, 1.82) is 0 Å². The minimum Gasteiger partial charge on any atom is -0.458 e. The molecule has 36 heavy (non-hydrogen) atoms. The van der Waals surface area contributed by atoms with Gasteiger partial charge in [-0.25, -0.2) is 8.78 Å². The van der Waals surface area contributed by atoms with E-state index in [0.717, 1.165) is 0 Å². The van der Waals surface area contributed by atoms with Gasteiger partial charge in [-0.05, 0) is 37.3 Å². The zero-order valence-electron chi connectivity index (χ0n) is 19.3. The maximum absolute atomic E-state index is 13.8. The van der Waals surface area contributed by atoms with Crippen LogP contribution < -0.4 is 10.1 Å². The summed E-state index contributed by atoms with van der Waals surface area (Å²) in [5.41, 5.74) is 0. The van der Waals surface area contributed by atoms with Gasteiger partial charge in [0.2, 0.25) is 5.91 Å². The van der Waals surface area contributed by atoms with Gasteiger partial charge in [0.25, 0.3) is 5.91 Å². The molecule has 1 aromatic heterocycles. The number of para-hydroxylation sites is 1. The van der Waals surface area contributed by atoms with Crippen LogP contribution in [-0.2, 0) is 16.1 Å². The van der Waals surface area contributed by atoms with Gasteiger partial charge in [0.05, 0.1) is 30.8 Å². The molecule has 5 atom stereocenters. The minimum atomic E-state index is -1.60. The Bertz CT molecular complexity index is 1120. The lowest BCUT2D eigenvalue weighted by atomic mass is 9.96. The average molecular weight is 525 g/mol. The molecule has 194 valence electrons. The molecule has 0 spiro atoms. The summed E-state index contributed by atoms with van der Waals surface area (Å²) in [6, 6.07) is 7.22. The van der Waals surface area contributed by atoms with Gasteiger partial charge in [-0.2, -0.15) is 5.10 Å². The van der Waals surface area contributed by atoms with Crippen molar-refractivity contribution in [2.24, 2.45) is 5.92 Å². The van der Waals surface area contributed by atoms with Crippen molar-refractivity contribution in [2.75, 3.05) is 18.5 Å². The second kappa shape index (κ2) is 11.4. The van der Waals surface area contributed by atoms with Crippen molar-refractivity contribution >= 4 is 29.2 Å². The maximum Gasteiger partial charge on any atom is 0.251 e. The van der Waals surface area contributed by atoms with Crippen LogP contribution in [0.5, 0.6) is 5.75 Å². The molecule has 2 amide bonds. The third-order valence-electron chi connectivity index (χ3n) is 6.22. The Balaban J connectivity index is 1.48. The number of alkyl halides is 2. The first kappa shape index (κ1) is 26.1. The number of nitrogens with one attached hydrogen (secondary N) is 1. The summed E-state index contributed by atoms with van der Waals surface area (Å²) in [5, 5.41) is 25.7. The van der Waals surface area contributed by atoms with E-state index in [9.17, 15) is 23.5 Å². The molecular weight excluding hydrogens is 498 g/mol. The molecule has 4 rings (SSSR count). The van der Waals surface area contributed by atoms with Crippen LogP contribution in [0.2, 0.25) is 5.02 Å². The third kappa shape index (κ3) is 6.21. The van der Waals surface area contributed by atoms with Gasteiger partial charge in [0, 0.05) is 18.3 Å². The molecule has 2 unspecified atom stereocenters. The highest BCUT2D eigenvalue weighted by Gasteiger charge is 2.41. The van der Waals surface area contributed by atoms with Crippen LogP contribution in [0.3, 0.4) is 0 Å². The Morgan fingerprint density at radius 1 is 1.25 bits per heavy atom. The Morgan fingerprint density at radius 2 is 1.97 bits per heavy atom. The van der Waals surface area contributed by atoms with Crippen LogP contribution in [0, 0.1) is 5.92 Å². The van der Waals surface area contributed by atoms with Crippen LogP contribution in [0.4, 0.5) is 14.6 Å². The quantitative estimate of drug-likeness (QED) is 0.440. The number of halogens is 3. The van der Waals surface area contributed by atoms with Gasteiger partial charge in [-0.1, -0.05) is 23.7 Å². The maximum atomic E-state index is 13.8. The van der Waals surface area contributed by atoms with Crippen molar-refractivity contribution < 1.29 is 33.3 Å². The number of aromatic nitrogens is 2. The number of benzene rings is 1. The number of hydrogen-bond acceptors (Lipinski definition) is 6. The number of carbonyl (C=O) groups is 2. The van der Waals surface area contributed by atoms with E-state index in [1.54, 1.807) is 24.3 Å². The Hall–Kier alpha value is -3.02. The number of aliphatic hydroxyl groups is 2. The van der Waals surface area contributed by atoms with Gasteiger partial charge in [-0.15, -0.1) is 0 Å². The molecule has 0 saturated heterocycles. The molecule has 2 aliphatic rings. The van der Waals surface area contributed by atoms with Gasteiger partial charge in [0.15, 0.2) is 5.82 Å². The van der Waals surface area contributed by atoms with E-state index in [1.165, 1.54) is 27.9 Å². The molecule has 0 radical (unpaired) electrons. The summed E-state index contributed by atoms with van der Waals surface area (Å²) in [7, 11) is 0. The second-order valence-corrected chi connectivity index (χ2v) is 9.39. The number of amides is 2. The summed E-state index contributed by atoms with van der Waals surface area (Å²) in [5.74, 6) is -0.661. The lowest BCUT2D eigenvalue weighted by Gasteiger charge is -2.29. The van der Waals surface area contributed by atoms with Gasteiger partial charge in [0.1, 0.15) is 29.9 Å². The zero-order chi connectivity index (χ0) is 25.8. The first-order valence-electron chi connectivity index (χ1n) is 11.6. The normalized spacial score (nSPS) is 23.5. The van der Waals surface area contributed by atoms with Crippen molar-refractivity contribution in [3.63, 3.8) is 0 Å². The van der Waals surface area contributed by atoms with Crippen LogP contribution in [0.15, 0.2) is 48.4 Å². The third-order valence-corrected chi connectivity index (χ3v) is 6.53. The minimum absolute atomic E-state index is 0.0188. The highest BCUT2D eigenvalue weighted by molar-refractivity contribution is 6.32. The molecular formula is C24H27ClF2N4O5. The molecule has 3 N–H and O–H groups in total. The highest BCUT2D eigenvalue weighted by Crippen LogP contribution is 2.35. The van der Waals surface area contributed by atoms with E-state index in [4.69, 9.17) is 21.4 Å². The van der Waals surface area contributed by atoms with Crippen LogP contribution in [0.25, 0.3) is 0 Å². The van der Waals surface area contributed by atoms with E-state index >= 15 is 0 Å². The second-order valence-electron chi connectivity index (χ2n) is 8.98. The van der Waals surface area contributed by atoms with Crippen molar-refractivity contribution in [3.05, 3.63) is 53.4 Å². The first-order chi connectivity index (χ1) is 17.2. The van der Waals surface area contributed by atoms with Gasteiger partial charge >= 0.3 is 0 Å². The molecule has 2 heterocycles. The zero-order valence-corrected chi connectivity index (χ0v) is 20.0. The van der Waals surface area contributed by atoms with E-state index in [2.05, 4.69) is 10.4 Å². The van der Waals surface area contributed by atoms with E-state index in [-0.39, 0.29) is 43.9 Å². The van der Waals surface area contributed by atoms with Crippen molar-refractivity contribution in [2.45, 2.75) is 50.3 Å². The fraction of sp³-hybridized carbons (Fsp3) is 0.458. The number of carbonyl (C=O) groups excluding carboxylic acids is 2. The summed E-state index contributed by atoms with van der Waals surface area (Å²) in [6.07, 6.45) is -1.43. The Morgan fingerprint density at radius 3 is 2.67 bits per heavy atom.